The van der Waals surface area contributed by atoms with Gasteiger partial charge in [-0.15, -0.1) is 0 Å². The van der Waals surface area contributed by atoms with Crippen LogP contribution in [0.1, 0.15) is 11.5 Å². The first-order valence-corrected chi connectivity index (χ1v) is 12.4. The molecular formula is C23H20BrN3O6S. The Kier molecular flexibility index (Phi) is 7.14. The predicted molar refractivity (Wildman–Crippen MR) is 127 cm³/mol. The van der Waals surface area contributed by atoms with Crippen LogP contribution in [0.15, 0.2) is 80.6 Å². The molecule has 0 saturated heterocycles. The topological polar surface area (TPSA) is 140 Å². The minimum absolute atomic E-state index is 0.0377. The molecule has 0 aromatic heterocycles. The van der Waals surface area contributed by atoms with Crippen molar-refractivity contribution < 1.29 is 27.5 Å². The fourth-order valence-corrected chi connectivity index (χ4v) is 5.13. The smallest absolute Gasteiger partial charge is 0.355 e. The molecular weight excluding hydrogens is 526 g/mol. The number of anilines is 1. The van der Waals surface area contributed by atoms with E-state index in [1.807, 2.05) is 6.07 Å². The molecule has 2 aromatic rings. The van der Waals surface area contributed by atoms with E-state index < -0.39 is 27.7 Å². The number of benzene rings is 2. The zero-order valence-corrected chi connectivity index (χ0v) is 20.8. The van der Waals surface area contributed by atoms with Gasteiger partial charge in [-0.1, -0.05) is 46.3 Å². The average molecular weight is 546 g/mol. The molecule has 0 spiro atoms. The third kappa shape index (κ3) is 4.42. The van der Waals surface area contributed by atoms with Crippen molar-refractivity contribution in [2.75, 3.05) is 25.4 Å². The molecule has 1 unspecified atom stereocenters. The van der Waals surface area contributed by atoms with E-state index in [0.29, 0.717) is 10.0 Å². The van der Waals surface area contributed by atoms with Gasteiger partial charge in [-0.2, -0.15) is 5.26 Å². The van der Waals surface area contributed by atoms with E-state index in [1.165, 1.54) is 12.1 Å². The number of ether oxygens (including phenoxy) is 2. The van der Waals surface area contributed by atoms with E-state index in [9.17, 15) is 23.3 Å². The van der Waals surface area contributed by atoms with Crippen LogP contribution in [0.3, 0.4) is 0 Å². The van der Waals surface area contributed by atoms with Crippen molar-refractivity contribution in [2.24, 2.45) is 5.73 Å². The van der Waals surface area contributed by atoms with Crippen molar-refractivity contribution in [3.8, 4) is 6.07 Å². The minimum Gasteiger partial charge on any atom is -0.466 e. The van der Waals surface area contributed by atoms with Crippen LogP contribution in [-0.2, 0) is 28.9 Å². The van der Waals surface area contributed by atoms with Gasteiger partial charge in [0.2, 0.25) is 0 Å². The van der Waals surface area contributed by atoms with Gasteiger partial charge in [-0.3, -0.25) is 4.90 Å². The summed E-state index contributed by atoms with van der Waals surface area (Å²) in [6.07, 6.45) is 0.989. The third-order valence-corrected chi connectivity index (χ3v) is 6.79. The van der Waals surface area contributed by atoms with Gasteiger partial charge in [0.25, 0.3) is 0 Å². The van der Waals surface area contributed by atoms with Crippen LogP contribution in [0, 0.1) is 11.3 Å². The van der Waals surface area contributed by atoms with Crippen molar-refractivity contribution in [2.45, 2.75) is 10.8 Å². The Bertz CT molecular complexity index is 1380. The number of nitriles is 1. The van der Waals surface area contributed by atoms with E-state index in [4.69, 9.17) is 15.2 Å². The summed E-state index contributed by atoms with van der Waals surface area (Å²) in [5, 5.41) is 10.1. The second kappa shape index (κ2) is 9.70. The molecule has 0 radical (unpaired) electrons. The number of allylic oxidation sites excluding steroid dienone is 1. The standard InChI is InChI=1S/C23H20BrN3O6S/c1-32-22(28)19-18(13-7-5-4-6-8-13)15(12-25)21(26)27(20(19)23(29)33-2)16-10-9-14(24)11-17(16)34(3,30)31/h4-11,18H,26H2,1-3H3. The Balaban J connectivity index is 2.51. The maximum Gasteiger partial charge on any atom is 0.355 e. The predicted octanol–water partition coefficient (Wildman–Crippen LogP) is 2.75. The van der Waals surface area contributed by atoms with Gasteiger partial charge >= 0.3 is 11.9 Å². The Morgan fingerprint density at radius 3 is 2.24 bits per heavy atom. The van der Waals surface area contributed by atoms with Crippen molar-refractivity contribution in [3.63, 3.8) is 0 Å². The van der Waals surface area contributed by atoms with Crippen molar-refractivity contribution in [1.29, 1.82) is 5.26 Å². The second-order valence-corrected chi connectivity index (χ2v) is 10.1. The monoisotopic (exact) mass is 545 g/mol. The molecule has 0 amide bonds. The molecule has 2 N–H and O–H groups in total. The summed E-state index contributed by atoms with van der Waals surface area (Å²) in [6.45, 7) is 0. The molecule has 34 heavy (non-hydrogen) atoms. The molecule has 1 aliphatic heterocycles. The van der Waals surface area contributed by atoms with Crippen LogP contribution < -0.4 is 10.6 Å². The van der Waals surface area contributed by atoms with Crippen molar-refractivity contribution in [1.82, 2.24) is 0 Å². The highest BCUT2D eigenvalue weighted by Gasteiger charge is 2.43. The van der Waals surface area contributed by atoms with Gasteiger partial charge in [-0.25, -0.2) is 18.0 Å². The molecule has 11 heteroatoms. The summed E-state index contributed by atoms with van der Waals surface area (Å²) in [4.78, 5) is 27.0. The van der Waals surface area contributed by atoms with E-state index in [0.717, 1.165) is 25.4 Å². The van der Waals surface area contributed by atoms with Gasteiger partial charge in [0.15, 0.2) is 9.84 Å². The number of methoxy groups -OCH3 is 2. The lowest BCUT2D eigenvalue weighted by molar-refractivity contribution is -0.139. The zero-order valence-electron chi connectivity index (χ0n) is 18.4. The maximum atomic E-state index is 13.1. The van der Waals surface area contributed by atoms with Crippen LogP contribution in [0.25, 0.3) is 0 Å². The Labute approximate surface area is 205 Å². The number of nitrogens with zero attached hydrogens (tertiary/aromatic N) is 2. The number of nitrogens with two attached hydrogens (primary N) is 1. The van der Waals surface area contributed by atoms with Crippen LogP contribution in [0.2, 0.25) is 0 Å². The number of hydrogen-bond acceptors (Lipinski definition) is 9. The quantitative estimate of drug-likeness (QED) is 0.561. The number of carbonyl (C=O) groups is 2. The zero-order chi connectivity index (χ0) is 25.2. The number of halogens is 1. The number of esters is 2. The molecule has 1 aliphatic rings. The van der Waals surface area contributed by atoms with Gasteiger partial charge < -0.3 is 15.2 Å². The lowest BCUT2D eigenvalue weighted by Gasteiger charge is -2.36. The lowest BCUT2D eigenvalue weighted by atomic mass is 9.81. The SMILES string of the molecule is COC(=O)C1=C(C(=O)OC)N(c2ccc(Br)cc2S(C)(=O)=O)C(N)=C(C#N)C1c1ccccc1. The molecule has 0 bridgehead atoms. The van der Waals surface area contributed by atoms with Gasteiger partial charge in [0.1, 0.15) is 11.5 Å². The lowest BCUT2D eigenvalue weighted by Crippen LogP contribution is -2.41. The fraction of sp³-hybridized carbons (Fsp3) is 0.174. The van der Waals surface area contributed by atoms with E-state index in [2.05, 4.69) is 15.9 Å². The van der Waals surface area contributed by atoms with E-state index in [-0.39, 0.29) is 33.2 Å². The normalized spacial score (nSPS) is 16.2. The number of hydrogen-bond donors (Lipinski definition) is 1. The molecule has 2 aromatic carbocycles. The molecule has 1 atom stereocenters. The first kappa shape index (κ1) is 25.0. The molecule has 9 nitrogen and oxygen atoms in total. The number of rotatable bonds is 5. The molecule has 176 valence electrons. The fourth-order valence-electron chi connectivity index (χ4n) is 3.73. The molecule has 1 heterocycles. The molecule has 0 fully saturated rings. The highest BCUT2D eigenvalue weighted by atomic mass is 79.9. The van der Waals surface area contributed by atoms with Gasteiger partial charge in [0.05, 0.1) is 47.9 Å². The summed E-state index contributed by atoms with van der Waals surface area (Å²) in [7, 11) is -1.60. The second-order valence-electron chi connectivity index (χ2n) is 7.22. The van der Waals surface area contributed by atoms with Gasteiger partial charge in [0, 0.05) is 10.7 Å². The number of carbonyl (C=O) groups excluding carboxylic acids is 2. The summed E-state index contributed by atoms with van der Waals surface area (Å²) in [5.74, 6) is -3.15. The van der Waals surface area contributed by atoms with Crippen molar-refractivity contribution >= 4 is 43.4 Å². The largest absolute Gasteiger partial charge is 0.466 e. The Morgan fingerprint density at radius 2 is 1.71 bits per heavy atom. The highest BCUT2D eigenvalue weighted by molar-refractivity contribution is 9.10. The average Bonchev–Trinajstić information content (AvgIpc) is 2.82. The summed E-state index contributed by atoms with van der Waals surface area (Å²) < 4.78 is 35.6. The van der Waals surface area contributed by atoms with E-state index in [1.54, 1.807) is 36.4 Å². The first-order chi connectivity index (χ1) is 16.1. The van der Waals surface area contributed by atoms with Gasteiger partial charge in [-0.05, 0) is 23.8 Å². The van der Waals surface area contributed by atoms with Crippen LogP contribution >= 0.6 is 15.9 Å². The van der Waals surface area contributed by atoms with Crippen molar-refractivity contribution in [3.05, 3.63) is 81.2 Å². The number of sulfone groups is 1. The van der Waals surface area contributed by atoms with Crippen LogP contribution in [0.5, 0.6) is 0 Å². The molecule has 3 rings (SSSR count). The Morgan fingerprint density at radius 1 is 1.09 bits per heavy atom. The van der Waals surface area contributed by atoms with E-state index >= 15 is 0 Å². The maximum absolute atomic E-state index is 13.1. The minimum atomic E-state index is -3.84. The molecule has 0 aliphatic carbocycles. The van der Waals surface area contributed by atoms with Crippen LogP contribution in [-0.4, -0.2) is 40.8 Å². The Hall–Kier alpha value is -3.62. The molecule has 0 saturated carbocycles. The highest BCUT2D eigenvalue weighted by Crippen LogP contribution is 2.44. The summed E-state index contributed by atoms with van der Waals surface area (Å²) in [5.41, 5.74) is 6.24. The summed E-state index contributed by atoms with van der Waals surface area (Å²) >= 11 is 3.24. The van der Waals surface area contributed by atoms with Crippen LogP contribution in [0.4, 0.5) is 5.69 Å². The first-order valence-electron chi connectivity index (χ1n) is 9.72. The third-order valence-electron chi connectivity index (χ3n) is 5.17. The summed E-state index contributed by atoms with van der Waals surface area (Å²) in [6, 6.07) is 14.8.